The summed E-state index contributed by atoms with van der Waals surface area (Å²) < 4.78 is 26.9. The van der Waals surface area contributed by atoms with Crippen molar-refractivity contribution in [2.45, 2.75) is 36.2 Å². The highest BCUT2D eigenvalue weighted by molar-refractivity contribution is 7.89. The van der Waals surface area contributed by atoms with Crippen LogP contribution in [0.5, 0.6) is 5.75 Å². The number of phenols is 1. The summed E-state index contributed by atoms with van der Waals surface area (Å²) in [5.41, 5.74) is 0. The summed E-state index contributed by atoms with van der Waals surface area (Å²) >= 11 is 0. The second-order valence-corrected chi connectivity index (χ2v) is 7.63. The van der Waals surface area contributed by atoms with E-state index in [1.165, 1.54) is 30.7 Å². The van der Waals surface area contributed by atoms with Crippen LogP contribution in [0.1, 0.15) is 19.3 Å². The lowest BCUT2D eigenvalue weighted by Crippen LogP contribution is -2.39. The van der Waals surface area contributed by atoms with Crippen molar-refractivity contribution in [1.82, 2.24) is 9.21 Å². The summed E-state index contributed by atoms with van der Waals surface area (Å²) in [5, 5.41) is 9.28. The maximum Gasteiger partial charge on any atom is 0.243 e. The number of rotatable bonds is 2. The van der Waals surface area contributed by atoms with Gasteiger partial charge < -0.3 is 5.11 Å². The van der Waals surface area contributed by atoms with Crippen molar-refractivity contribution in [3.63, 3.8) is 0 Å². The van der Waals surface area contributed by atoms with Gasteiger partial charge in [0.05, 0.1) is 4.90 Å². The molecule has 0 amide bonds. The molecule has 20 heavy (non-hydrogen) atoms. The minimum Gasteiger partial charge on any atom is -0.508 e. The van der Waals surface area contributed by atoms with E-state index >= 15 is 0 Å². The Morgan fingerprint density at radius 1 is 1.10 bits per heavy atom. The Kier molecular flexibility index (Phi) is 3.48. The smallest absolute Gasteiger partial charge is 0.243 e. The Morgan fingerprint density at radius 2 is 1.75 bits per heavy atom. The molecule has 2 aliphatic heterocycles. The van der Waals surface area contributed by atoms with Crippen LogP contribution in [0.25, 0.3) is 0 Å². The van der Waals surface area contributed by atoms with Crippen molar-refractivity contribution >= 4 is 10.0 Å². The second kappa shape index (κ2) is 5.02. The summed E-state index contributed by atoms with van der Waals surface area (Å²) in [4.78, 5) is 2.59. The number of nitrogens with zero attached hydrogens (tertiary/aromatic N) is 2. The standard InChI is InChI=1S/C14H20N2O3S/c1-15-11-2-3-12(15)10-16(9-8-11)20(18,19)14-6-4-13(17)5-7-14/h4-7,11-12,17H,2-3,8-10H2,1H3. The average Bonchev–Trinajstić information content (AvgIpc) is 2.63. The van der Waals surface area contributed by atoms with Crippen molar-refractivity contribution in [3.8, 4) is 5.75 Å². The highest BCUT2D eigenvalue weighted by Gasteiger charge is 2.38. The Labute approximate surface area is 119 Å². The predicted molar refractivity (Wildman–Crippen MR) is 76.1 cm³/mol. The largest absolute Gasteiger partial charge is 0.508 e. The first-order chi connectivity index (χ1) is 9.48. The first kappa shape index (κ1) is 13.9. The first-order valence-electron chi connectivity index (χ1n) is 6.99. The van der Waals surface area contributed by atoms with Crippen molar-refractivity contribution in [3.05, 3.63) is 24.3 Å². The van der Waals surface area contributed by atoms with Gasteiger partial charge in [0.1, 0.15) is 5.75 Å². The number of phenolic OH excluding ortho intramolecular Hbond substituents is 1. The third kappa shape index (κ3) is 2.32. The normalized spacial score (nSPS) is 28.4. The van der Waals surface area contributed by atoms with Gasteiger partial charge in [0, 0.05) is 25.2 Å². The Morgan fingerprint density at radius 3 is 2.45 bits per heavy atom. The van der Waals surface area contributed by atoms with Gasteiger partial charge in [-0.15, -0.1) is 0 Å². The molecule has 3 rings (SSSR count). The molecule has 2 fully saturated rings. The van der Waals surface area contributed by atoms with Gasteiger partial charge in [-0.25, -0.2) is 8.42 Å². The van der Waals surface area contributed by atoms with E-state index in [-0.39, 0.29) is 10.6 Å². The van der Waals surface area contributed by atoms with Crippen molar-refractivity contribution in [2.24, 2.45) is 0 Å². The number of hydrogen-bond donors (Lipinski definition) is 1. The quantitative estimate of drug-likeness (QED) is 0.892. The van der Waals surface area contributed by atoms with E-state index in [1.54, 1.807) is 4.31 Å². The highest BCUT2D eigenvalue weighted by atomic mass is 32.2. The minimum absolute atomic E-state index is 0.0820. The Bertz CT molecular complexity index is 585. The fourth-order valence-electron chi connectivity index (χ4n) is 3.26. The molecule has 0 aromatic heterocycles. The van der Waals surface area contributed by atoms with Crippen LogP contribution in [0.3, 0.4) is 0 Å². The van der Waals surface area contributed by atoms with E-state index in [9.17, 15) is 13.5 Å². The van der Waals surface area contributed by atoms with Gasteiger partial charge in [-0.3, -0.25) is 4.90 Å². The number of likely N-dealkylation sites (N-methyl/N-ethyl adjacent to an activating group) is 1. The van der Waals surface area contributed by atoms with Gasteiger partial charge in [0.15, 0.2) is 0 Å². The van der Waals surface area contributed by atoms with Gasteiger partial charge in [-0.1, -0.05) is 0 Å². The summed E-state index contributed by atoms with van der Waals surface area (Å²) in [6.07, 6.45) is 3.14. The molecule has 0 spiro atoms. The van der Waals surface area contributed by atoms with E-state index in [0.717, 1.165) is 12.8 Å². The van der Waals surface area contributed by atoms with E-state index < -0.39 is 10.0 Å². The summed E-state index contributed by atoms with van der Waals surface area (Å²) in [6.45, 7) is 1.14. The maximum atomic E-state index is 12.7. The molecule has 2 saturated heterocycles. The zero-order valence-electron chi connectivity index (χ0n) is 11.6. The molecule has 2 heterocycles. The lowest BCUT2D eigenvalue weighted by Gasteiger charge is -2.25. The van der Waals surface area contributed by atoms with E-state index in [1.807, 2.05) is 0 Å². The SMILES string of the molecule is CN1C2CCC1CN(S(=O)(=O)c1ccc(O)cc1)CC2. The van der Waals surface area contributed by atoms with Crippen molar-refractivity contribution in [1.29, 1.82) is 0 Å². The molecule has 1 N–H and O–H groups in total. The molecular weight excluding hydrogens is 276 g/mol. The van der Waals surface area contributed by atoms with Crippen LogP contribution >= 0.6 is 0 Å². The molecule has 0 aliphatic carbocycles. The molecule has 110 valence electrons. The number of aromatic hydroxyl groups is 1. The molecule has 6 heteroatoms. The lowest BCUT2D eigenvalue weighted by atomic mass is 10.1. The molecule has 2 aliphatic rings. The fourth-order valence-corrected chi connectivity index (χ4v) is 4.76. The van der Waals surface area contributed by atoms with Crippen LogP contribution in [0.15, 0.2) is 29.2 Å². The van der Waals surface area contributed by atoms with Gasteiger partial charge >= 0.3 is 0 Å². The first-order valence-corrected chi connectivity index (χ1v) is 8.43. The second-order valence-electron chi connectivity index (χ2n) is 5.70. The number of hydrogen-bond acceptors (Lipinski definition) is 4. The minimum atomic E-state index is -3.45. The van der Waals surface area contributed by atoms with Gasteiger partial charge in [0.2, 0.25) is 10.0 Å². The predicted octanol–water partition coefficient (Wildman–Crippen LogP) is 1.25. The molecule has 0 radical (unpaired) electrons. The van der Waals surface area contributed by atoms with Crippen LogP contribution in [0, 0.1) is 0 Å². The van der Waals surface area contributed by atoms with Crippen LogP contribution in [-0.2, 0) is 10.0 Å². The average molecular weight is 296 g/mol. The molecule has 2 unspecified atom stereocenters. The van der Waals surface area contributed by atoms with E-state index in [0.29, 0.717) is 25.2 Å². The monoisotopic (exact) mass is 296 g/mol. The summed E-state index contributed by atoms with van der Waals surface area (Å²) in [5.74, 6) is 0.0820. The summed E-state index contributed by atoms with van der Waals surface area (Å²) in [6, 6.07) is 6.62. The zero-order valence-corrected chi connectivity index (χ0v) is 12.4. The van der Waals surface area contributed by atoms with Crippen LogP contribution in [0.2, 0.25) is 0 Å². The molecule has 2 bridgehead atoms. The van der Waals surface area contributed by atoms with Gasteiger partial charge in [-0.2, -0.15) is 4.31 Å². The van der Waals surface area contributed by atoms with Crippen LogP contribution < -0.4 is 0 Å². The molecule has 1 aromatic carbocycles. The Balaban J connectivity index is 1.86. The fraction of sp³-hybridized carbons (Fsp3) is 0.571. The third-order valence-corrected chi connectivity index (χ3v) is 6.47. The number of fused-ring (bicyclic) bond motifs is 2. The van der Waals surface area contributed by atoms with Crippen molar-refractivity contribution in [2.75, 3.05) is 20.1 Å². The molecule has 0 saturated carbocycles. The number of sulfonamides is 1. The molecule has 2 atom stereocenters. The highest BCUT2D eigenvalue weighted by Crippen LogP contribution is 2.31. The maximum absolute atomic E-state index is 12.7. The lowest BCUT2D eigenvalue weighted by molar-refractivity contribution is 0.246. The van der Waals surface area contributed by atoms with Crippen LogP contribution in [-0.4, -0.2) is 55.0 Å². The topological polar surface area (TPSA) is 60.9 Å². The summed E-state index contributed by atoms with van der Waals surface area (Å²) in [7, 11) is -1.36. The van der Waals surface area contributed by atoms with Crippen LogP contribution in [0.4, 0.5) is 0 Å². The number of benzene rings is 1. The van der Waals surface area contributed by atoms with Gasteiger partial charge in [0.25, 0.3) is 0 Å². The Hall–Kier alpha value is -1.11. The molecule has 5 nitrogen and oxygen atoms in total. The third-order valence-electron chi connectivity index (χ3n) is 4.59. The van der Waals surface area contributed by atoms with E-state index in [4.69, 9.17) is 0 Å². The zero-order chi connectivity index (χ0) is 14.3. The molecule has 1 aromatic rings. The van der Waals surface area contributed by atoms with Gasteiger partial charge in [-0.05, 0) is 50.6 Å². The van der Waals surface area contributed by atoms with Crippen molar-refractivity contribution < 1.29 is 13.5 Å². The molecular formula is C14H20N2O3S. The van der Waals surface area contributed by atoms with E-state index in [2.05, 4.69) is 11.9 Å².